The molecule has 0 spiro atoms. The van der Waals surface area contributed by atoms with Gasteiger partial charge in [0.05, 0.1) is 18.1 Å². The molecule has 0 saturated heterocycles. The van der Waals surface area contributed by atoms with Crippen LogP contribution in [-0.2, 0) is 18.4 Å². The molecule has 0 unspecified atom stereocenters. The molecule has 2 heterocycles. The van der Waals surface area contributed by atoms with E-state index in [-0.39, 0.29) is 12.5 Å². The molecule has 0 bridgehead atoms. The van der Waals surface area contributed by atoms with Gasteiger partial charge in [0, 0.05) is 18.8 Å². The van der Waals surface area contributed by atoms with Crippen LogP contribution in [0.3, 0.4) is 0 Å². The number of carboxylic acids is 1. The first-order valence-electron chi connectivity index (χ1n) is 6.62. The van der Waals surface area contributed by atoms with Gasteiger partial charge in [-0.3, -0.25) is 19.0 Å². The van der Waals surface area contributed by atoms with Gasteiger partial charge in [-0.15, -0.1) is 0 Å². The number of carbonyl (C=O) groups excluding carboxylic acids is 1. The zero-order valence-corrected chi connectivity index (χ0v) is 11.5. The number of carboxylic acid groups (broad SMARTS) is 1. The average Bonchev–Trinajstić information content (AvgIpc) is 3.05. The quantitative estimate of drug-likeness (QED) is 0.848. The lowest BCUT2D eigenvalue weighted by atomic mass is 10.1. The molecule has 21 heavy (non-hydrogen) atoms. The Labute approximate surface area is 120 Å². The molecule has 0 atom stereocenters. The Morgan fingerprint density at radius 3 is 2.81 bits per heavy atom. The second-order valence-electron chi connectivity index (χ2n) is 5.12. The Kier molecular flexibility index (Phi) is 3.20. The van der Waals surface area contributed by atoms with Crippen molar-refractivity contribution < 1.29 is 14.7 Å². The fourth-order valence-corrected chi connectivity index (χ4v) is 2.27. The van der Waals surface area contributed by atoms with Crippen molar-refractivity contribution in [2.24, 2.45) is 7.05 Å². The van der Waals surface area contributed by atoms with Crippen LogP contribution in [0.15, 0.2) is 18.6 Å². The third-order valence-corrected chi connectivity index (χ3v) is 3.39. The predicted molar refractivity (Wildman–Crippen MR) is 73.0 cm³/mol. The smallest absolute Gasteiger partial charge is 0.325 e. The molecule has 3 rings (SSSR count). The highest BCUT2D eigenvalue weighted by Gasteiger charge is 2.30. The Bertz CT molecular complexity index is 698. The van der Waals surface area contributed by atoms with Crippen LogP contribution in [0.2, 0.25) is 0 Å². The Hall–Kier alpha value is -2.64. The van der Waals surface area contributed by atoms with Crippen LogP contribution >= 0.6 is 0 Å². The molecular formula is C13H15N5O3. The maximum Gasteiger partial charge on any atom is 0.325 e. The van der Waals surface area contributed by atoms with Crippen molar-refractivity contribution in [2.45, 2.75) is 25.3 Å². The van der Waals surface area contributed by atoms with Gasteiger partial charge in [-0.1, -0.05) is 0 Å². The highest BCUT2D eigenvalue weighted by Crippen LogP contribution is 2.41. The van der Waals surface area contributed by atoms with Crippen molar-refractivity contribution in [3.63, 3.8) is 0 Å². The molecule has 0 aromatic carbocycles. The Morgan fingerprint density at radius 2 is 2.14 bits per heavy atom. The lowest BCUT2D eigenvalue weighted by molar-refractivity contribution is -0.137. The van der Waals surface area contributed by atoms with E-state index in [2.05, 4.69) is 15.5 Å². The monoisotopic (exact) mass is 289 g/mol. The maximum atomic E-state index is 12.4. The SMILES string of the molecule is Cn1ncc(C2CC2)c1C(=O)Nc1cnn(CC(=O)O)c1. The Balaban J connectivity index is 1.75. The summed E-state index contributed by atoms with van der Waals surface area (Å²) < 4.78 is 2.81. The molecule has 0 radical (unpaired) electrons. The topological polar surface area (TPSA) is 102 Å². The first-order chi connectivity index (χ1) is 10.0. The minimum Gasteiger partial charge on any atom is -0.480 e. The van der Waals surface area contributed by atoms with E-state index in [1.54, 1.807) is 17.9 Å². The lowest BCUT2D eigenvalue weighted by Gasteiger charge is -2.05. The minimum atomic E-state index is -0.987. The molecule has 1 aliphatic carbocycles. The lowest BCUT2D eigenvalue weighted by Crippen LogP contribution is -2.17. The average molecular weight is 289 g/mol. The molecular weight excluding hydrogens is 274 g/mol. The van der Waals surface area contributed by atoms with E-state index in [9.17, 15) is 9.59 Å². The van der Waals surface area contributed by atoms with E-state index < -0.39 is 5.97 Å². The maximum absolute atomic E-state index is 12.4. The van der Waals surface area contributed by atoms with Crippen molar-refractivity contribution in [1.82, 2.24) is 19.6 Å². The van der Waals surface area contributed by atoms with Crippen LogP contribution in [0.5, 0.6) is 0 Å². The molecule has 8 nitrogen and oxygen atoms in total. The van der Waals surface area contributed by atoms with E-state index in [1.165, 1.54) is 17.1 Å². The van der Waals surface area contributed by atoms with E-state index >= 15 is 0 Å². The summed E-state index contributed by atoms with van der Waals surface area (Å²) in [5, 5.41) is 19.4. The molecule has 2 N–H and O–H groups in total. The summed E-state index contributed by atoms with van der Waals surface area (Å²) in [6.45, 7) is -0.241. The number of nitrogens with one attached hydrogen (secondary N) is 1. The number of aryl methyl sites for hydroxylation is 1. The largest absolute Gasteiger partial charge is 0.480 e. The van der Waals surface area contributed by atoms with Crippen molar-refractivity contribution in [1.29, 1.82) is 0 Å². The molecule has 0 aliphatic heterocycles. The first kappa shape index (κ1) is 13.3. The van der Waals surface area contributed by atoms with Gasteiger partial charge >= 0.3 is 5.97 Å². The summed E-state index contributed by atoms with van der Waals surface area (Å²) in [7, 11) is 1.73. The van der Waals surface area contributed by atoms with Crippen LogP contribution in [-0.4, -0.2) is 36.5 Å². The third-order valence-electron chi connectivity index (χ3n) is 3.39. The molecule has 1 fully saturated rings. The number of hydrogen-bond donors (Lipinski definition) is 2. The fourth-order valence-electron chi connectivity index (χ4n) is 2.27. The van der Waals surface area contributed by atoms with Crippen molar-refractivity contribution in [3.05, 3.63) is 29.8 Å². The number of aromatic nitrogens is 4. The van der Waals surface area contributed by atoms with Crippen LogP contribution in [0, 0.1) is 0 Å². The van der Waals surface area contributed by atoms with Gasteiger partial charge in [-0.25, -0.2) is 0 Å². The van der Waals surface area contributed by atoms with Crippen LogP contribution < -0.4 is 5.32 Å². The molecule has 110 valence electrons. The van der Waals surface area contributed by atoms with Gasteiger partial charge in [0.1, 0.15) is 12.2 Å². The zero-order chi connectivity index (χ0) is 15.0. The fraction of sp³-hybridized carbons (Fsp3) is 0.385. The molecule has 8 heteroatoms. The number of rotatable bonds is 5. The van der Waals surface area contributed by atoms with Crippen molar-refractivity contribution in [2.75, 3.05) is 5.32 Å². The second kappa shape index (κ2) is 5.04. The Morgan fingerprint density at radius 1 is 1.38 bits per heavy atom. The van der Waals surface area contributed by atoms with Crippen LogP contribution in [0.4, 0.5) is 5.69 Å². The van der Waals surface area contributed by atoms with Gasteiger partial charge in [-0.05, 0) is 18.8 Å². The summed E-state index contributed by atoms with van der Waals surface area (Å²) in [4.78, 5) is 23.0. The van der Waals surface area contributed by atoms with E-state index in [0.717, 1.165) is 18.4 Å². The van der Waals surface area contributed by atoms with Gasteiger partial charge in [0.25, 0.3) is 5.91 Å². The van der Waals surface area contributed by atoms with Crippen LogP contribution in [0.1, 0.15) is 34.8 Å². The number of carbonyl (C=O) groups is 2. The van der Waals surface area contributed by atoms with E-state index in [4.69, 9.17) is 5.11 Å². The number of anilines is 1. The summed E-state index contributed by atoms with van der Waals surface area (Å²) in [5.74, 6) is -0.820. The van der Waals surface area contributed by atoms with Gasteiger partial charge < -0.3 is 10.4 Å². The van der Waals surface area contributed by atoms with E-state index in [0.29, 0.717) is 17.3 Å². The highest BCUT2D eigenvalue weighted by atomic mass is 16.4. The summed E-state index contributed by atoms with van der Waals surface area (Å²) >= 11 is 0. The van der Waals surface area contributed by atoms with Gasteiger partial charge in [-0.2, -0.15) is 10.2 Å². The number of nitrogens with zero attached hydrogens (tertiary/aromatic N) is 4. The second-order valence-corrected chi connectivity index (χ2v) is 5.12. The third kappa shape index (κ3) is 2.78. The zero-order valence-electron chi connectivity index (χ0n) is 11.5. The molecule has 2 aromatic heterocycles. The number of aliphatic carboxylic acids is 1. The molecule has 1 amide bonds. The minimum absolute atomic E-state index is 0.241. The molecule has 2 aromatic rings. The van der Waals surface area contributed by atoms with Crippen LogP contribution in [0.25, 0.3) is 0 Å². The first-order valence-corrected chi connectivity index (χ1v) is 6.62. The highest BCUT2D eigenvalue weighted by molar-refractivity contribution is 6.04. The molecule has 1 aliphatic rings. The summed E-state index contributed by atoms with van der Waals surface area (Å²) in [6.07, 6.45) is 6.82. The van der Waals surface area contributed by atoms with E-state index in [1.807, 2.05) is 0 Å². The number of hydrogen-bond acceptors (Lipinski definition) is 4. The van der Waals surface area contributed by atoms with Gasteiger partial charge in [0.15, 0.2) is 0 Å². The normalized spacial score (nSPS) is 14.1. The summed E-state index contributed by atoms with van der Waals surface area (Å²) in [6, 6.07) is 0. The van der Waals surface area contributed by atoms with Gasteiger partial charge in [0.2, 0.25) is 0 Å². The molecule has 1 saturated carbocycles. The van der Waals surface area contributed by atoms with Crippen molar-refractivity contribution >= 4 is 17.6 Å². The predicted octanol–water partition coefficient (Wildman–Crippen LogP) is 0.831. The van der Waals surface area contributed by atoms with Crippen molar-refractivity contribution in [3.8, 4) is 0 Å². The summed E-state index contributed by atoms with van der Waals surface area (Å²) in [5.41, 5.74) is 1.97. The standard InChI is InChI=1S/C13H15N5O3/c1-17-12(10(5-14-17)8-2-3-8)13(21)16-9-4-15-18(6-9)7-11(19)20/h4-6,8H,2-3,7H2,1H3,(H,16,21)(H,19,20). The number of amides is 1.